The highest BCUT2D eigenvalue weighted by Crippen LogP contribution is 2.24. The molecule has 2 nitrogen and oxygen atoms in total. The maximum Gasteiger partial charge on any atom is 0.148 e. The highest BCUT2D eigenvalue weighted by Gasteiger charge is 2.30. The molecule has 1 aromatic rings. The lowest BCUT2D eigenvalue weighted by Gasteiger charge is -2.07. The number of Topliss-reactive ketones (excluding diaryl/α,β-unsaturated/α-hetero) is 1. The Hall–Kier alpha value is -1.03. The van der Waals surface area contributed by atoms with Gasteiger partial charge in [0.1, 0.15) is 11.6 Å². The predicted molar refractivity (Wildman–Crippen MR) is 55.5 cm³/mol. The normalized spacial score (nSPS) is 23.0. The lowest BCUT2D eigenvalue weighted by molar-refractivity contribution is -0.117. The number of hydrogen-bond donors (Lipinski definition) is 0. The summed E-state index contributed by atoms with van der Waals surface area (Å²) in [6.45, 7) is 0. The van der Waals surface area contributed by atoms with Crippen LogP contribution in [0.25, 0.3) is 0 Å². The zero-order valence-corrected chi connectivity index (χ0v) is 8.93. The summed E-state index contributed by atoms with van der Waals surface area (Å²) in [7, 11) is -1.31. The van der Waals surface area contributed by atoms with Crippen LogP contribution in [0.4, 0.5) is 4.39 Å². The van der Waals surface area contributed by atoms with Gasteiger partial charge in [-0.25, -0.2) is 4.39 Å². The van der Waals surface area contributed by atoms with Crippen molar-refractivity contribution in [1.29, 1.82) is 0 Å². The first-order valence-electron chi connectivity index (χ1n) is 4.87. The Bertz CT molecular complexity index is 400. The fourth-order valence-corrected chi connectivity index (χ4v) is 3.21. The number of hydrogen-bond acceptors (Lipinski definition) is 2. The molecule has 2 unspecified atom stereocenters. The largest absolute Gasteiger partial charge is 0.298 e. The molecule has 2 rings (SSSR count). The minimum absolute atomic E-state index is 0.0673. The van der Waals surface area contributed by atoms with Gasteiger partial charge in [0.25, 0.3) is 0 Å². The molecule has 1 aromatic carbocycles. The van der Waals surface area contributed by atoms with E-state index in [0.29, 0.717) is 17.7 Å². The quantitative estimate of drug-likeness (QED) is 0.773. The van der Waals surface area contributed by atoms with Gasteiger partial charge in [0.05, 0.1) is 16.0 Å². The molecule has 15 heavy (non-hydrogen) atoms. The maximum atomic E-state index is 12.6. The van der Waals surface area contributed by atoms with Gasteiger partial charge in [-0.05, 0) is 37.1 Å². The van der Waals surface area contributed by atoms with Crippen molar-refractivity contribution in [2.45, 2.75) is 29.4 Å². The Morgan fingerprint density at radius 3 is 2.47 bits per heavy atom. The minimum atomic E-state index is -1.31. The summed E-state index contributed by atoms with van der Waals surface area (Å²) >= 11 is 0. The first-order valence-corrected chi connectivity index (χ1v) is 6.08. The SMILES string of the molecule is O=C1CCCC1S(=O)c1ccc(F)cc1. The van der Waals surface area contributed by atoms with Crippen molar-refractivity contribution in [2.75, 3.05) is 0 Å². The van der Waals surface area contributed by atoms with E-state index >= 15 is 0 Å². The Balaban J connectivity index is 2.20. The van der Waals surface area contributed by atoms with Gasteiger partial charge in [-0.15, -0.1) is 0 Å². The van der Waals surface area contributed by atoms with Crippen LogP contribution in [0, 0.1) is 5.82 Å². The molecule has 1 fully saturated rings. The second kappa shape index (κ2) is 4.23. The van der Waals surface area contributed by atoms with E-state index in [-0.39, 0.29) is 16.9 Å². The van der Waals surface area contributed by atoms with Crippen molar-refractivity contribution < 1.29 is 13.4 Å². The number of rotatable bonds is 2. The minimum Gasteiger partial charge on any atom is -0.298 e. The number of halogens is 1. The molecule has 1 saturated carbocycles. The van der Waals surface area contributed by atoms with E-state index in [9.17, 15) is 13.4 Å². The summed E-state index contributed by atoms with van der Waals surface area (Å²) in [5.74, 6) is -0.286. The molecule has 0 aromatic heterocycles. The third kappa shape index (κ3) is 2.15. The van der Waals surface area contributed by atoms with Crippen LogP contribution in [-0.2, 0) is 15.6 Å². The smallest absolute Gasteiger partial charge is 0.148 e. The molecule has 0 bridgehead atoms. The zero-order valence-electron chi connectivity index (χ0n) is 8.11. The molecule has 0 amide bonds. The van der Waals surface area contributed by atoms with Gasteiger partial charge in [-0.1, -0.05) is 0 Å². The van der Waals surface area contributed by atoms with Crippen molar-refractivity contribution in [3.05, 3.63) is 30.1 Å². The number of carbonyl (C=O) groups is 1. The zero-order chi connectivity index (χ0) is 10.8. The van der Waals surface area contributed by atoms with Crippen molar-refractivity contribution in [3.63, 3.8) is 0 Å². The van der Waals surface area contributed by atoms with E-state index in [1.54, 1.807) is 0 Å². The fourth-order valence-electron chi connectivity index (χ4n) is 1.74. The maximum absolute atomic E-state index is 12.6. The molecule has 1 aliphatic rings. The Labute approximate surface area is 90.0 Å². The second-order valence-corrected chi connectivity index (χ2v) is 5.23. The molecule has 0 radical (unpaired) electrons. The van der Waals surface area contributed by atoms with Crippen LogP contribution in [-0.4, -0.2) is 15.2 Å². The molecule has 0 spiro atoms. The topological polar surface area (TPSA) is 34.1 Å². The lowest BCUT2D eigenvalue weighted by atomic mass is 10.3. The van der Waals surface area contributed by atoms with E-state index in [4.69, 9.17) is 0 Å². The summed E-state index contributed by atoms with van der Waals surface area (Å²) in [5, 5.41) is -0.379. The van der Waals surface area contributed by atoms with Gasteiger partial charge in [-0.3, -0.25) is 9.00 Å². The van der Waals surface area contributed by atoms with E-state index in [0.717, 1.165) is 6.42 Å². The monoisotopic (exact) mass is 226 g/mol. The van der Waals surface area contributed by atoms with Crippen LogP contribution in [0.3, 0.4) is 0 Å². The van der Waals surface area contributed by atoms with E-state index < -0.39 is 10.8 Å². The molecular formula is C11H11FO2S. The summed E-state index contributed by atoms with van der Waals surface area (Å²) in [6.07, 6.45) is 2.02. The Morgan fingerprint density at radius 1 is 1.27 bits per heavy atom. The van der Waals surface area contributed by atoms with Gasteiger partial charge >= 0.3 is 0 Å². The summed E-state index contributed by atoms with van der Waals surface area (Å²) < 4.78 is 24.6. The van der Waals surface area contributed by atoms with Gasteiger partial charge in [-0.2, -0.15) is 0 Å². The number of ketones is 1. The van der Waals surface area contributed by atoms with Crippen LogP contribution in [0.2, 0.25) is 0 Å². The standard InChI is InChI=1S/C11H11FO2S/c12-8-4-6-9(7-5-8)15(14)11-3-1-2-10(11)13/h4-7,11H,1-3H2. The van der Waals surface area contributed by atoms with Crippen molar-refractivity contribution in [3.8, 4) is 0 Å². The van der Waals surface area contributed by atoms with Gasteiger partial charge in [0.2, 0.25) is 0 Å². The molecule has 80 valence electrons. The summed E-state index contributed by atoms with van der Waals surface area (Å²) in [6, 6.07) is 5.51. The molecule has 0 N–H and O–H groups in total. The van der Waals surface area contributed by atoms with Crippen LogP contribution >= 0.6 is 0 Å². The van der Waals surface area contributed by atoms with Crippen molar-refractivity contribution >= 4 is 16.6 Å². The summed E-state index contributed by atoms with van der Waals surface area (Å²) in [5.41, 5.74) is 0. The third-order valence-electron chi connectivity index (χ3n) is 2.55. The molecule has 2 atom stereocenters. The lowest BCUT2D eigenvalue weighted by Crippen LogP contribution is -2.19. The molecular weight excluding hydrogens is 215 g/mol. The Morgan fingerprint density at radius 2 is 1.93 bits per heavy atom. The van der Waals surface area contributed by atoms with Crippen molar-refractivity contribution in [2.24, 2.45) is 0 Å². The van der Waals surface area contributed by atoms with E-state index in [1.165, 1.54) is 24.3 Å². The van der Waals surface area contributed by atoms with Crippen LogP contribution < -0.4 is 0 Å². The fraction of sp³-hybridized carbons (Fsp3) is 0.364. The van der Waals surface area contributed by atoms with Crippen molar-refractivity contribution in [1.82, 2.24) is 0 Å². The van der Waals surface area contributed by atoms with Crippen LogP contribution in [0.1, 0.15) is 19.3 Å². The molecule has 0 saturated heterocycles. The average molecular weight is 226 g/mol. The second-order valence-electron chi connectivity index (χ2n) is 3.60. The van der Waals surface area contributed by atoms with Crippen LogP contribution in [0.5, 0.6) is 0 Å². The van der Waals surface area contributed by atoms with Gasteiger partial charge in [0.15, 0.2) is 0 Å². The van der Waals surface area contributed by atoms with Gasteiger partial charge < -0.3 is 0 Å². The highest BCUT2D eigenvalue weighted by molar-refractivity contribution is 7.86. The Kier molecular flexibility index (Phi) is 2.95. The summed E-state index contributed by atoms with van der Waals surface area (Å²) in [4.78, 5) is 11.9. The third-order valence-corrected chi connectivity index (χ3v) is 4.31. The predicted octanol–water partition coefficient (Wildman–Crippen LogP) is 2.05. The highest BCUT2D eigenvalue weighted by atomic mass is 32.2. The molecule has 4 heteroatoms. The molecule has 1 aliphatic carbocycles. The number of benzene rings is 1. The molecule has 0 heterocycles. The molecule has 0 aliphatic heterocycles. The average Bonchev–Trinajstić information content (AvgIpc) is 2.65. The van der Waals surface area contributed by atoms with Gasteiger partial charge in [0, 0.05) is 11.3 Å². The van der Waals surface area contributed by atoms with Crippen LogP contribution in [0.15, 0.2) is 29.2 Å². The van der Waals surface area contributed by atoms with E-state index in [1.807, 2.05) is 0 Å². The first kappa shape index (κ1) is 10.5. The first-order chi connectivity index (χ1) is 7.18. The van der Waals surface area contributed by atoms with E-state index in [2.05, 4.69) is 0 Å². The number of carbonyl (C=O) groups excluding carboxylic acids is 1.